The Morgan fingerprint density at radius 2 is 1.52 bits per heavy atom. The summed E-state index contributed by atoms with van der Waals surface area (Å²) in [5.74, 6) is 0. The molecule has 3 aromatic heterocycles. The maximum Gasteiger partial charge on any atom is 0.147 e. The van der Waals surface area contributed by atoms with Gasteiger partial charge < -0.3 is 0 Å². The number of aromatic nitrogens is 3. The molecule has 0 spiro atoms. The van der Waals surface area contributed by atoms with E-state index in [1.807, 2.05) is 13.8 Å². The maximum absolute atomic E-state index is 8.79. The Morgan fingerprint density at radius 1 is 0.852 bits per heavy atom. The van der Waals surface area contributed by atoms with Crippen molar-refractivity contribution in [2.45, 2.75) is 66.2 Å². The van der Waals surface area contributed by atoms with Crippen molar-refractivity contribution in [2.24, 2.45) is 0 Å². The molecule has 140 valence electrons. The number of hydrogen-bond donors (Lipinski definition) is 0. The summed E-state index contributed by atoms with van der Waals surface area (Å²) in [4.78, 5) is 9.86. The highest BCUT2D eigenvalue weighted by molar-refractivity contribution is 5.97. The molecule has 0 aliphatic heterocycles. The van der Waals surface area contributed by atoms with Gasteiger partial charge in [-0.25, -0.2) is 4.98 Å². The zero-order chi connectivity index (χ0) is 21.5. The molecule has 0 fully saturated rings. The number of hydrogen-bond acceptors (Lipinski definition) is 2. The lowest BCUT2D eigenvalue weighted by molar-refractivity contribution is 0.562. The van der Waals surface area contributed by atoms with E-state index in [4.69, 9.17) is 12.7 Å². The fraction of sp³-hybridized carbons (Fsp3) is 0.417. The second-order valence-corrected chi connectivity index (χ2v) is 9.63. The number of nitrogens with zero attached hydrogens (tertiary/aromatic N) is 3. The molecular weight excluding hydrogens is 330 g/mol. The van der Waals surface area contributed by atoms with Crippen LogP contribution in [-0.4, -0.2) is 14.4 Å². The predicted octanol–water partition coefficient (Wildman–Crippen LogP) is 6.25. The molecule has 3 heteroatoms. The van der Waals surface area contributed by atoms with Crippen LogP contribution in [0.2, 0.25) is 0 Å². The Balaban J connectivity index is 2.29. The van der Waals surface area contributed by atoms with E-state index in [2.05, 4.69) is 64.1 Å². The van der Waals surface area contributed by atoms with E-state index in [1.54, 1.807) is 0 Å². The van der Waals surface area contributed by atoms with Gasteiger partial charge in [0.25, 0.3) is 0 Å². The van der Waals surface area contributed by atoms with Gasteiger partial charge in [0.05, 0.1) is 19.3 Å². The maximum atomic E-state index is 8.79. The summed E-state index contributed by atoms with van der Waals surface area (Å²) in [7, 11) is 0. The Kier molecular flexibility index (Phi) is 3.21. The molecule has 3 heterocycles. The number of rotatable bonds is 0. The average Bonchev–Trinajstić information content (AvgIpc) is 3.02. The van der Waals surface area contributed by atoms with Crippen LogP contribution in [0.25, 0.3) is 27.6 Å². The van der Waals surface area contributed by atoms with E-state index in [0.717, 1.165) is 44.6 Å². The van der Waals surface area contributed by atoms with Crippen LogP contribution in [0.4, 0.5) is 0 Å². The fourth-order valence-corrected chi connectivity index (χ4v) is 3.52. The van der Waals surface area contributed by atoms with Crippen LogP contribution < -0.4 is 0 Å². The molecule has 0 amide bonds. The van der Waals surface area contributed by atoms with Crippen LogP contribution in [0.5, 0.6) is 0 Å². The minimum Gasteiger partial charge on any atom is -0.295 e. The number of imidazole rings is 1. The van der Waals surface area contributed by atoms with Gasteiger partial charge in [0.15, 0.2) is 0 Å². The van der Waals surface area contributed by atoms with Crippen LogP contribution in [0, 0.1) is 13.8 Å². The van der Waals surface area contributed by atoms with Gasteiger partial charge >= 0.3 is 0 Å². The molecule has 0 saturated heterocycles. The first-order valence-corrected chi connectivity index (χ1v) is 9.55. The molecule has 0 unspecified atom stereocenters. The Morgan fingerprint density at radius 3 is 2.15 bits per heavy atom. The molecule has 0 aliphatic rings. The van der Waals surface area contributed by atoms with Crippen molar-refractivity contribution in [2.75, 3.05) is 0 Å². The van der Waals surface area contributed by atoms with E-state index in [9.17, 15) is 0 Å². The van der Waals surface area contributed by atoms with Crippen LogP contribution in [0.1, 0.15) is 66.8 Å². The van der Waals surface area contributed by atoms with Crippen LogP contribution in [0.3, 0.4) is 0 Å². The summed E-state index contributed by atoms with van der Waals surface area (Å²) in [6, 6.07) is 7.15. The van der Waals surface area contributed by atoms with E-state index < -0.39 is 0 Å². The lowest BCUT2D eigenvalue weighted by Gasteiger charge is -2.23. The summed E-state index contributed by atoms with van der Waals surface area (Å²) in [5, 5.41) is 0.955. The molecule has 4 aromatic rings. The van der Waals surface area contributed by atoms with Crippen molar-refractivity contribution >= 4 is 27.6 Å². The van der Waals surface area contributed by atoms with E-state index in [-0.39, 0.29) is 10.8 Å². The first kappa shape index (κ1) is 15.6. The second-order valence-electron chi connectivity index (χ2n) is 9.63. The number of benzene rings is 1. The molecule has 0 radical (unpaired) electrons. The summed E-state index contributed by atoms with van der Waals surface area (Å²) in [6.07, 6.45) is 0. The first-order chi connectivity index (χ1) is 13.3. The van der Waals surface area contributed by atoms with Gasteiger partial charge in [0, 0.05) is 27.6 Å². The summed E-state index contributed by atoms with van der Waals surface area (Å²) >= 11 is 0. The lowest BCUT2D eigenvalue weighted by Crippen LogP contribution is -2.17. The van der Waals surface area contributed by atoms with Gasteiger partial charge in [0.2, 0.25) is 0 Å². The summed E-state index contributed by atoms with van der Waals surface area (Å²) in [6.45, 7) is 16.8. The molecule has 27 heavy (non-hydrogen) atoms. The topological polar surface area (TPSA) is 30.2 Å². The highest BCUT2D eigenvalue weighted by Gasteiger charge is 2.23. The summed E-state index contributed by atoms with van der Waals surface area (Å²) in [5.41, 5.74) is 6.55. The van der Waals surface area contributed by atoms with Crippen molar-refractivity contribution in [1.29, 1.82) is 0 Å². The fourth-order valence-electron chi connectivity index (χ4n) is 3.52. The lowest BCUT2D eigenvalue weighted by atomic mass is 9.89. The Labute approximate surface area is 164 Å². The molecular formula is C24H29N3. The van der Waals surface area contributed by atoms with Gasteiger partial charge in [-0.05, 0) is 55.3 Å². The molecule has 3 nitrogen and oxygen atoms in total. The van der Waals surface area contributed by atoms with Gasteiger partial charge in [-0.1, -0.05) is 41.5 Å². The van der Waals surface area contributed by atoms with Gasteiger partial charge in [-0.2, -0.15) is 0 Å². The van der Waals surface area contributed by atoms with E-state index >= 15 is 0 Å². The van der Waals surface area contributed by atoms with Crippen molar-refractivity contribution in [1.82, 2.24) is 14.4 Å². The van der Waals surface area contributed by atoms with Crippen molar-refractivity contribution in [3.05, 3.63) is 52.8 Å². The molecule has 1 aromatic carbocycles. The predicted molar refractivity (Wildman–Crippen MR) is 115 cm³/mol. The van der Waals surface area contributed by atoms with Gasteiger partial charge in [-0.15, -0.1) is 0 Å². The molecule has 0 N–H and O–H groups in total. The minimum atomic E-state index is -0.174. The number of pyridine rings is 2. The first-order valence-electron chi connectivity index (χ1n) is 10.6. The van der Waals surface area contributed by atoms with Crippen LogP contribution in [-0.2, 0) is 10.8 Å². The monoisotopic (exact) mass is 361 g/mol. The van der Waals surface area contributed by atoms with Crippen LogP contribution >= 0.6 is 0 Å². The third kappa shape index (κ3) is 2.80. The van der Waals surface area contributed by atoms with Crippen LogP contribution in [0.15, 0.2) is 30.3 Å². The highest BCUT2D eigenvalue weighted by Crippen LogP contribution is 2.33. The third-order valence-corrected chi connectivity index (χ3v) is 5.27. The molecule has 0 aliphatic carbocycles. The average molecular weight is 362 g/mol. The standard InChI is InChI=1S/C24H29N3/c1-14-11-18-19(12-15(14)2)27-21(24(6,7)8)13-17-16(22(27)26-18)9-10-20(25-17)23(3,4)5/h9-13H,1-8H3/i11D,12D. The Hall–Kier alpha value is -2.42. The molecule has 0 bridgehead atoms. The second kappa shape index (κ2) is 5.54. The summed E-state index contributed by atoms with van der Waals surface area (Å²) < 4.78 is 19.5. The molecule has 0 saturated carbocycles. The highest BCUT2D eigenvalue weighted by atomic mass is 15.0. The zero-order valence-electron chi connectivity index (χ0n) is 19.6. The van der Waals surface area contributed by atoms with Crippen molar-refractivity contribution < 1.29 is 2.74 Å². The van der Waals surface area contributed by atoms with E-state index in [0.29, 0.717) is 17.6 Å². The van der Waals surface area contributed by atoms with Gasteiger partial charge in [-0.3, -0.25) is 9.38 Å². The quantitative estimate of drug-likeness (QED) is 0.371. The van der Waals surface area contributed by atoms with Crippen molar-refractivity contribution in [3.63, 3.8) is 0 Å². The van der Waals surface area contributed by atoms with Gasteiger partial charge in [0.1, 0.15) is 5.65 Å². The smallest absolute Gasteiger partial charge is 0.147 e. The normalized spacial score (nSPS) is 14.2. The molecule has 0 atom stereocenters. The SMILES string of the molecule is [2H]c1c(C)c(C)c([2H])c2c1nc1c3ccc(C(C)(C)C)nc3cc(C(C)(C)C)n12. The van der Waals surface area contributed by atoms with Crippen molar-refractivity contribution in [3.8, 4) is 0 Å². The minimum absolute atomic E-state index is 0.0424. The number of fused-ring (bicyclic) bond motifs is 5. The molecule has 4 rings (SSSR count). The zero-order valence-corrected chi connectivity index (χ0v) is 17.6. The third-order valence-electron chi connectivity index (χ3n) is 5.27. The largest absolute Gasteiger partial charge is 0.295 e. The Bertz CT molecular complexity index is 1300. The van der Waals surface area contributed by atoms with E-state index in [1.165, 1.54) is 0 Å².